The summed E-state index contributed by atoms with van der Waals surface area (Å²) in [7, 11) is -10.4. The van der Waals surface area contributed by atoms with Crippen molar-refractivity contribution in [3.63, 3.8) is 0 Å². The molecule has 0 aliphatic heterocycles. The van der Waals surface area contributed by atoms with Crippen molar-refractivity contribution in [1.82, 2.24) is 0 Å². The third-order valence-corrected chi connectivity index (χ3v) is 6.46. The average Bonchev–Trinajstić information content (AvgIpc) is 2.71. The van der Waals surface area contributed by atoms with Gasteiger partial charge in [-0.3, -0.25) is 0 Å². The van der Waals surface area contributed by atoms with Gasteiger partial charge in [0.2, 0.25) is 0 Å². The van der Waals surface area contributed by atoms with E-state index < -0.39 is 30.2 Å². The monoisotopic (exact) mass is 467 g/mol. The van der Waals surface area contributed by atoms with Crippen molar-refractivity contribution in [2.45, 2.75) is 23.6 Å². The van der Waals surface area contributed by atoms with E-state index in [0.29, 0.717) is 5.69 Å². The van der Waals surface area contributed by atoms with Gasteiger partial charge in [0.15, 0.2) is 0 Å². The Labute approximate surface area is 179 Å². The summed E-state index contributed by atoms with van der Waals surface area (Å²) in [6.07, 6.45) is 0. The van der Waals surface area contributed by atoms with Crippen molar-refractivity contribution in [1.29, 1.82) is 0 Å². The fourth-order valence-electron chi connectivity index (χ4n) is 3.26. The van der Waals surface area contributed by atoms with Gasteiger partial charge in [-0.15, -0.1) is 12.9 Å². The fourth-order valence-corrected chi connectivity index (χ4v) is 4.62. The largest absolute Gasteiger partial charge is 0.372 e. The molecule has 0 aliphatic carbocycles. The molecule has 0 aliphatic rings. The van der Waals surface area contributed by atoms with Crippen molar-refractivity contribution in [2.75, 3.05) is 18.0 Å². The summed E-state index contributed by atoms with van der Waals surface area (Å²) in [5.41, 5.74) is 1.30. The molecule has 0 saturated carbocycles. The molecule has 3 aromatic rings. The van der Waals surface area contributed by atoms with Crippen LogP contribution in [0.15, 0.2) is 74.6 Å². The molecule has 0 saturated heterocycles. The second-order valence-corrected chi connectivity index (χ2v) is 9.16. The minimum atomic E-state index is -5.24. The number of nitrogens with zero attached hydrogens (tertiary/aromatic N) is 3. The molecule has 0 N–H and O–H groups in total. The van der Waals surface area contributed by atoms with Crippen LogP contribution in [-0.4, -0.2) is 29.9 Å². The first-order valence-corrected chi connectivity index (χ1v) is 12.0. The van der Waals surface area contributed by atoms with Gasteiger partial charge in [-0.2, -0.15) is 21.9 Å². The minimum absolute atomic E-state index is 0.118. The van der Waals surface area contributed by atoms with Gasteiger partial charge in [0, 0.05) is 29.5 Å². The molecule has 11 heteroatoms. The smallest absolute Gasteiger partial charge is 0.332 e. The van der Waals surface area contributed by atoms with Crippen LogP contribution >= 0.6 is 0 Å². The van der Waals surface area contributed by atoms with Crippen LogP contribution < -0.4 is 4.90 Å². The van der Waals surface area contributed by atoms with Gasteiger partial charge in [0.1, 0.15) is 9.79 Å². The van der Waals surface area contributed by atoms with Crippen LogP contribution in [0.3, 0.4) is 0 Å². The molecular weight excluding hydrogens is 448 g/mol. The quantitative estimate of drug-likeness (QED) is 0.342. The van der Waals surface area contributed by atoms with E-state index in [1.807, 2.05) is 26.0 Å². The number of benzene rings is 3. The molecule has 0 unspecified atom stereocenters. The van der Waals surface area contributed by atoms with Crippen molar-refractivity contribution < 1.29 is 24.6 Å². The second-order valence-electron chi connectivity index (χ2n) is 6.53. The second kappa shape index (κ2) is 8.67. The maximum atomic E-state index is 13.9. The highest BCUT2D eigenvalue weighted by atomic mass is 32.3. The van der Waals surface area contributed by atoms with E-state index in [2.05, 4.69) is 15.1 Å². The lowest BCUT2D eigenvalue weighted by Crippen LogP contribution is -2.21. The van der Waals surface area contributed by atoms with Crippen LogP contribution in [-0.2, 0) is 20.4 Å². The van der Waals surface area contributed by atoms with Gasteiger partial charge in [-0.1, -0.05) is 12.1 Å². The standard InChI is InChI=1S/C20H19F2N3O4S2/c1-3-25(4-2)15-10-8-14(9-11-15)23-24-17-12-13-18(30(21,26)27)16-6-5-7-19(20(16)17)31(22,28)29/h5-13H,3-4H2,1-2H3. The van der Waals surface area contributed by atoms with Gasteiger partial charge in [0.05, 0.1) is 11.4 Å². The number of halogens is 2. The zero-order chi connectivity index (χ0) is 22.8. The summed E-state index contributed by atoms with van der Waals surface area (Å²) < 4.78 is 73.7. The highest BCUT2D eigenvalue weighted by molar-refractivity contribution is 7.87. The summed E-state index contributed by atoms with van der Waals surface area (Å²) in [6, 6.07) is 12.3. The zero-order valence-corrected chi connectivity index (χ0v) is 18.3. The molecule has 0 radical (unpaired) electrons. The van der Waals surface area contributed by atoms with E-state index in [0.717, 1.165) is 43.0 Å². The first kappa shape index (κ1) is 22.8. The average molecular weight is 468 g/mol. The van der Waals surface area contributed by atoms with Crippen molar-refractivity contribution >= 4 is 48.3 Å². The van der Waals surface area contributed by atoms with Gasteiger partial charge in [0.25, 0.3) is 0 Å². The van der Waals surface area contributed by atoms with E-state index in [4.69, 9.17) is 0 Å². The molecule has 0 fully saturated rings. The molecule has 3 aromatic carbocycles. The molecule has 0 spiro atoms. The Hall–Kier alpha value is -2.92. The summed E-state index contributed by atoms with van der Waals surface area (Å²) >= 11 is 0. The maximum absolute atomic E-state index is 13.9. The molecular formula is C20H19F2N3O4S2. The Bertz CT molecular complexity index is 1350. The van der Waals surface area contributed by atoms with Crippen LogP contribution in [0.25, 0.3) is 10.8 Å². The lowest BCUT2D eigenvalue weighted by atomic mass is 10.1. The zero-order valence-electron chi connectivity index (χ0n) is 16.7. The molecule has 31 heavy (non-hydrogen) atoms. The minimum Gasteiger partial charge on any atom is -0.372 e. The van der Waals surface area contributed by atoms with E-state index in [1.54, 1.807) is 12.1 Å². The van der Waals surface area contributed by atoms with E-state index in [1.165, 1.54) is 6.07 Å². The van der Waals surface area contributed by atoms with Crippen LogP contribution in [0.4, 0.5) is 24.8 Å². The highest BCUT2D eigenvalue weighted by Gasteiger charge is 2.24. The molecule has 7 nitrogen and oxygen atoms in total. The first-order valence-electron chi connectivity index (χ1n) is 9.28. The van der Waals surface area contributed by atoms with Gasteiger partial charge in [-0.05, 0) is 56.3 Å². The highest BCUT2D eigenvalue weighted by Crippen LogP contribution is 2.38. The summed E-state index contributed by atoms with van der Waals surface area (Å²) in [6.45, 7) is 5.71. The third kappa shape index (κ3) is 4.88. The summed E-state index contributed by atoms with van der Waals surface area (Å²) in [4.78, 5) is 0.528. The Morgan fingerprint density at radius 1 is 0.774 bits per heavy atom. The maximum Gasteiger partial charge on any atom is 0.332 e. The Morgan fingerprint density at radius 2 is 1.39 bits per heavy atom. The van der Waals surface area contributed by atoms with Gasteiger partial charge < -0.3 is 4.90 Å². The number of anilines is 1. The predicted octanol–water partition coefficient (Wildman–Crippen LogP) is 5.42. The lowest BCUT2D eigenvalue weighted by molar-refractivity contribution is 0.550. The third-order valence-electron chi connectivity index (χ3n) is 4.72. The number of azo groups is 1. The van der Waals surface area contributed by atoms with Crippen molar-refractivity contribution in [2.24, 2.45) is 10.2 Å². The van der Waals surface area contributed by atoms with Crippen LogP contribution in [0.1, 0.15) is 13.8 Å². The predicted molar refractivity (Wildman–Crippen MR) is 115 cm³/mol. The summed E-state index contributed by atoms with van der Waals surface area (Å²) in [5.74, 6) is 0. The van der Waals surface area contributed by atoms with Crippen molar-refractivity contribution in [3.8, 4) is 0 Å². The SMILES string of the molecule is CCN(CC)c1ccc(N=Nc2ccc(S(=O)(=O)F)c3cccc(S(=O)(=O)F)c23)cc1. The number of rotatable bonds is 7. The van der Waals surface area contributed by atoms with Crippen LogP contribution in [0, 0.1) is 0 Å². The van der Waals surface area contributed by atoms with Crippen LogP contribution in [0.5, 0.6) is 0 Å². The topological polar surface area (TPSA) is 96.2 Å². The normalized spacial score (nSPS) is 12.5. The molecule has 0 amide bonds. The Balaban J connectivity index is 2.15. The number of fused-ring (bicyclic) bond motifs is 1. The van der Waals surface area contributed by atoms with E-state index in [-0.39, 0.29) is 16.5 Å². The lowest BCUT2D eigenvalue weighted by Gasteiger charge is -2.20. The van der Waals surface area contributed by atoms with Crippen LogP contribution in [0.2, 0.25) is 0 Å². The molecule has 3 rings (SSSR count). The molecule has 0 heterocycles. The molecule has 0 bridgehead atoms. The number of hydrogen-bond acceptors (Lipinski definition) is 7. The van der Waals surface area contributed by atoms with E-state index in [9.17, 15) is 24.6 Å². The Kier molecular flexibility index (Phi) is 6.37. The molecule has 0 aromatic heterocycles. The molecule has 164 valence electrons. The van der Waals surface area contributed by atoms with Crippen molar-refractivity contribution in [3.05, 3.63) is 54.6 Å². The summed E-state index contributed by atoms with van der Waals surface area (Å²) in [5, 5.41) is 7.34. The van der Waals surface area contributed by atoms with Gasteiger partial charge >= 0.3 is 20.4 Å². The van der Waals surface area contributed by atoms with Gasteiger partial charge in [-0.25, -0.2) is 0 Å². The fraction of sp³-hybridized carbons (Fsp3) is 0.200. The first-order chi connectivity index (χ1) is 14.6. The Morgan fingerprint density at radius 3 is 1.94 bits per heavy atom. The number of hydrogen-bond donors (Lipinski definition) is 0. The molecule has 0 atom stereocenters. The van der Waals surface area contributed by atoms with E-state index >= 15 is 0 Å².